The third-order valence-electron chi connectivity index (χ3n) is 7.13. The van der Waals surface area contributed by atoms with Gasteiger partial charge in [-0.25, -0.2) is 9.59 Å². The number of urea groups is 1. The van der Waals surface area contributed by atoms with Crippen molar-refractivity contribution in [2.24, 2.45) is 0 Å². The molecule has 1 atom stereocenters. The lowest BCUT2D eigenvalue weighted by Crippen LogP contribution is -2.51. The Kier molecular flexibility index (Phi) is 9.95. The van der Waals surface area contributed by atoms with Gasteiger partial charge in [0.05, 0.1) is 0 Å². The van der Waals surface area contributed by atoms with Gasteiger partial charge < -0.3 is 25.5 Å². The second-order valence-corrected chi connectivity index (χ2v) is 9.71. The lowest BCUT2D eigenvalue weighted by molar-refractivity contribution is -0.192. The number of hydrogen-bond acceptors (Lipinski definition) is 6. The Labute approximate surface area is 218 Å². The number of anilines is 1. The molecule has 0 aliphatic carbocycles. The van der Waals surface area contributed by atoms with Crippen LogP contribution in [0.1, 0.15) is 50.0 Å². The van der Waals surface area contributed by atoms with Crippen molar-refractivity contribution in [1.82, 2.24) is 20.4 Å². The van der Waals surface area contributed by atoms with Crippen LogP contribution < -0.4 is 16.0 Å². The Hall–Kier alpha value is -3.35. The van der Waals surface area contributed by atoms with Crippen LogP contribution in [-0.4, -0.2) is 90.2 Å². The maximum atomic E-state index is 12.9. The number of carboxylic acid groups (broad SMARTS) is 1. The molecule has 0 spiro atoms. The summed E-state index contributed by atoms with van der Waals surface area (Å²) in [4.78, 5) is 48.9. The molecule has 0 saturated carbocycles. The first-order valence-electron chi connectivity index (χ1n) is 12.7. The van der Waals surface area contributed by atoms with Crippen LogP contribution in [0.3, 0.4) is 0 Å². The fourth-order valence-corrected chi connectivity index (χ4v) is 4.86. The Balaban J connectivity index is 0.000000505. The van der Waals surface area contributed by atoms with Gasteiger partial charge in [0.2, 0.25) is 11.8 Å². The van der Waals surface area contributed by atoms with E-state index >= 15 is 0 Å². The van der Waals surface area contributed by atoms with E-state index in [2.05, 4.69) is 28.1 Å². The number of nitrogens with one attached hydrogen (secondary N) is 3. The highest BCUT2D eigenvalue weighted by atomic mass is 19.4. The molecule has 0 aromatic heterocycles. The standard InChI is InChI=1S/C23H33N5O3.C2HF3O2/c1-27(19-8-12-24-13-9-19)23(31)28-14-10-17(11-15-28)16-2-4-18(5-3-16)25-20-6-7-21(29)26-22(20)30;3-2(4,5)1(6)7/h2-5,17,19-20,24-25H,6-15H2,1H3,(H,26,29,30);(H,6,7). The molecular formula is C25H34F3N5O5. The second kappa shape index (κ2) is 12.9. The minimum atomic E-state index is -5.08. The van der Waals surface area contributed by atoms with Gasteiger partial charge in [-0.15, -0.1) is 0 Å². The Morgan fingerprint density at radius 2 is 1.61 bits per heavy atom. The van der Waals surface area contributed by atoms with Gasteiger partial charge in [0.15, 0.2) is 0 Å². The summed E-state index contributed by atoms with van der Waals surface area (Å²) >= 11 is 0. The van der Waals surface area contributed by atoms with Gasteiger partial charge in [0.25, 0.3) is 0 Å². The topological polar surface area (TPSA) is 131 Å². The van der Waals surface area contributed by atoms with Gasteiger partial charge in [-0.3, -0.25) is 14.9 Å². The molecule has 0 radical (unpaired) electrons. The number of alkyl halides is 3. The largest absolute Gasteiger partial charge is 0.490 e. The van der Waals surface area contributed by atoms with Crippen LogP contribution in [0.4, 0.5) is 23.7 Å². The van der Waals surface area contributed by atoms with E-state index < -0.39 is 12.1 Å². The maximum Gasteiger partial charge on any atom is 0.490 e. The summed E-state index contributed by atoms with van der Waals surface area (Å²) in [5, 5.41) is 16.1. The van der Waals surface area contributed by atoms with Crippen molar-refractivity contribution in [2.45, 2.75) is 62.7 Å². The van der Waals surface area contributed by atoms with E-state index in [0.29, 0.717) is 24.8 Å². The number of piperidine rings is 3. The first kappa shape index (κ1) is 29.2. The number of halogens is 3. The van der Waals surface area contributed by atoms with E-state index in [0.717, 1.165) is 57.5 Å². The van der Waals surface area contributed by atoms with E-state index in [1.807, 2.05) is 29.0 Å². The highest BCUT2D eigenvalue weighted by molar-refractivity contribution is 6.01. The highest BCUT2D eigenvalue weighted by Crippen LogP contribution is 2.30. The first-order valence-corrected chi connectivity index (χ1v) is 12.7. The summed E-state index contributed by atoms with van der Waals surface area (Å²) in [5.41, 5.74) is 2.15. The molecule has 3 aliphatic heterocycles. The molecule has 3 aliphatic rings. The molecule has 3 fully saturated rings. The Morgan fingerprint density at radius 1 is 1.03 bits per heavy atom. The van der Waals surface area contributed by atoms with Crippen molar-refractivity contribution >= 4 is 29.5 Å². The molecule has 4 N–H and O–H groups in total. The Morgan fingerprint density at radius 3 is 2.13 bits per heavy atom. The highest BCUT2D eigenvalue weighted by Gasteiger charge is 2.38. The summed E-state index contributed by atoms with van der Waals surface area (Å²) in [6.07, 6.45) is -0.219. The van der Waals surface area contributed by atoms with E-state index in [9.17, 15) is 27.6 Å². The number of carbonyl (C=O) groups is 4. The summed E-state index contributed by atoms with van der Waals surface area (Å²) in [5.74, 6) is -2.78. The quantitative estimate of drug-likeness (QED) is 0.431. The molecule has 13 heteroatoms. The van der Waals surface area contributed by atoms with Crippen molar-refractivity contribution in [3.8, 4) is 0 Å². The molecule has 0 bridgehead atoms. The molecule has 38 heavy (non-hydrogen) atoms. The van der Waals surface area contributed by atoms with Crippen molar-refractivity contribution in [3.63, 3.8) is 0 Å². The molecule has 3 heterocycles. The van der Waals surface area contributed by atoms with Crippen molar-refractivity contribution in [2.75, 3.05) is 38.5 Å². The molecule has 1 aromatic rings. The molecule has 4 rings (SSSR count). The average Bonchev–Trinajstić information content (AvgIpc) is 2.90. The average molecular weight is 542 g/mol. The normalized spacial score (nSPS) is 21.2. The number of carbonyl (C=O) groups excluding carboxylic acids is 3. The van der Waals surface area contributed by atoms with Crippen molar-refractivity contribution < 1.29 is 37.5 Å². The zero-order valence-corrected chi connectivity index (χ0v) is 21.2. The van der Waals surface area contributed by atoms with Crippen LogP contribution in [0.2, 0.25) is 0 Å². The summed E-state index contributed by atoms with van der Waals surface area (Å²) < 4.78 is 31.7. The minimum Gasteiger partial charge on any atom is -0.475 e. The lowest BCUT2D eigenvalue weighted by atomic mass is 9.89. The number of benzene rings is 1. The number of imide groups is 1. The zero-order chi connectivity index (χ0) is 27.9. The number of carboxylic acids is 1. The van der Waals surface area contributed by atoms with Gasteiger partial charge in [0.1, 0.15) is 6.04 Å². The predicted octanol–water partition coefficient (Wildman–Crippen LogP) is 2.52. The number of likely N-dealkylation sites (tertiary alicyclic amines) is 1. The van der Waals surface area contributed by atoms with E-state index in [4.69, 9.17) is 9.90 Å². The molecule has 3 saturated heterocycles. The minimum absolute atomic E-state index is 0.161. The van der Waals surface area contributed by atoms with Crippen LogP contribution in [0.5, 0.6) is 0 Å². The summed E-state index contributed by atoms with van der Waals surface area (Å²) in [7, 11) is 1.94. The van der Waals surface area contributed by atoms with Crippen molar-refractivity contribution in [3.05, 3.63) is 29.8 Å². The number of rotatable bonds is 4. The third-order valence-corrected chi connectivity index (χ3v) is 7.13. The van der Waals surface area contributed by atoms with Gasteiger partial charge in [-0.05, 0) is 68.8 Å². The van der Waals surface area contributed by atoms with Gasteiger partial charge >= 0.3 is 18.2 Å². The van der Waals surface area contributed by atoms with Crippen molar-refractivity contribution in [1.29, 1.82) is 0 Å². The SMILES string of the molecule is CN(C(=O)N1CCC(c2ccc(NC3CCC(=O)NC3=O)cc2)CC1)C1CCNCC1.O=C(O)C(F)(F)F. The lowest BCUT2D eigenvalue weighted by Gasteiger charge is -2.38. The first-order chi connectivity index (χ1) is 18.0. The molecule has 210 valence electrons. The third kappa shape index (κ3) is 8.07. The summed E-state index contributed by atoms with van der Waals surface area (Å²) in [6.45, 7) is 3.54. The zero-order valence-electron chi connectivity index (χ0n) is 21.2. The van der Waals surface area contributed by atoms with Gasteiger partial charge in [-0.2, -0.15) is 13.2 Å². The van der Waals surface area contributed by atoms with E-state index in [1.54, 1.807) is 0 Å². The number of hydrogen-bond donors (Lipinski definition) is 4. The molecular weight excluding hydrogens is 507 g/mol. The van der Waals surface area contributed by atoms with Gasteiger partial charge in [0, 0.05) is 38.3 Å². The number of amides is 4. The van der Waals surface area contributed by atoms with Crippen LogP contribution in [0, 0.1) is 0 Å². The predicted molar refractivity (Wildman–Crippen MR) is 133 cm³/mol. The van der Waals surface area contributed by atoms with Gasteiger partial charge in [-0.1, -0.05) is 12.1 Å². The maximum absolute atomic E-state index is 12.9. The summed E-state index contributed by atoms with van der Waals surface area (Å²) in [6, 6.07) is 8.36. The van der Waals surface area contributed by atoms with Crippen LogP contribution >= 0.6 is 0 Å². The van der Waals surface area contributed by atoms with Crippen LogP contribution in [0.25, 0.3) is 0 Å². The Bertz CT molecular complexity index is 990. The monoisotopic (exact) mass is 541 g/mol. The van der Waals surface area contributed by atoms with Crippen LogP contribution in [-0.2, 0) is 14.4 Å². The molecule has 1 unspecified atom stereocenters. The second-order valence-electron chi connectivity index (χ2n) is 9.71. The fraction of sp³-hybridized carbons (Fsp3) is 0.600. The van der Waals surface area contributed by atoms with E-state index in [1.165, 1.54) is 5.56 Å². The van der Waals surface area contributed by atoms with E-state index in [-0.39, 0.29) is 23.9 Å². The van der Waals surface area contributed by atoms with Crippen LogP contribution in [0.15, 0.2) is 24.3 Å². The fourth-order valence-electron chi connectivity index (χ4n) is 4.86. The molecule has 10 nitrogen and oxygen atoms in total. The molecule has 1 aromatic carbocycles. The number of aliphatic carboxylic acids is 1. The smallest absolute Gasteiger partial charge is 0.475 e. The number of nitrogens with zero attached hydrogens (tertiary/aromatic N) is 2. The molecule has 4 amide bonds.